The molecule has 1 N–H and O–H groups in total. The third-order valence-electron chi connectivity index (χ3n) is 2.71. The second-order valence-electron chi connectivity index (χ2n) is 3.90. The van der Waals surface area contributed by atoms with Crippen LogP contribution in [0.4, 0.5) is 0 Å². The second-order valence-corrected chi connectivity index (χ2v) is 3.90. The Morgan fingerprint density at radius 1 is 1.25 bits per heavy atom. The largest absolute Gasteiger partial charge is 0.367 e. The Kier molecular flexibility index (Phi) is 3.20. The molecule has 0 fully saturated rings. The molecule has 2 aromatic heterocycles. The van der Waals surface area contributed by atoms with Crippen molar-refractivity contribution in [3.05, 3.63) is 53.6 Å². The third-order valence-corrected chi connectivity index (χ3v) is 2.71. The number of hydrogen-bond donors (Lipinski definition) is 1. The van der Waals surface area contributed by atoms with Crippen LogP contribution in [-0.4, -0.2) is 4.98 Å². The Bertz CT molecular complexity index is 481. The van der Waals surface area contributed by atoms with Crippen LogP contribution in [0.1, 0.15) is 23.7 Å². The fourth-order valence-corrected chi connectivity index (χ4v) is 1.68. The maximum absolute atomic E-state index is 3.04. The molecule has 0 bridgehead atoms. The van der Waals surface area contributed by atoms with Gasteiger partial charge in [-0.2, -0.15) is 0 Å². The number of rotatable bonds is 3. The van der Waals surface area contributed by atoms with Gasteiger partial charge in [-0.05, 0) is 30.2 Å². The first-order valence-electron chi connectivity index (χ1n) is 5.59. The maximum Gasteiger partial charge on any atom is 0.204 e. The van der Waals surface area contributed by atoms with Crippen molar-refractivity contribution >= 4 is 12.2 Å². The summed E-state index contributed by atoms with van der Waals surface area (Å²) in [6.45, 7) is 2.17. The van der Waals surface area contributed by atoms with Crippen LogP contribution in [0.2, 0.25) is 0 Å². The molecule has 16 heavy (non-hydrogen) atoms. The van der Waals surface area contributed by atoms with Crippen LogP contribution in [0.15, 0.2) is 36.8 Å². The number of aryl methyl sites for hydroxylation is 2. The molecule has 0 radical (unpaired) electrons. The predicted molar refractivity (Wildman–Crippen MR) is 66.7 cm³/mol. The van der Waals surface area contributed by atoms with E-state index in [0.29, 0.717) is 0 Å². The third kappa shape index (κ3) is 2.40. The lowest BCUT2D eigenvalue weighted by Crippen LogP contribution is -2.31. The van der Waals surface area contributed by atoms with E-state index in [1.54, 1.807) is 0 Å². The Labute approximate surface area is 96.3 Å². The highest BCUT2D eigenvalue weighted by Crippen LogP contribution is 2.05. The number of aromatic amines is 1. The van der Waals surface area contributed by atoms with Crippen molar-refractivity contribution in [1.82, 2.24) is 4.98 Å². The summed E-state index contributed by atoms with van der Waals surface area (Å²) >= 11 is 0. The van der Waals surface area contributed by atoms with Crippen molar-refractivity contribution in [3.63, 3.8) is 0 Å². The molecule has 0 saturated carbocycles. The normalized spacial score (nSPS) is 11.1. The molecular formula is C14H17N2+. The van der Waals surface area contributed by atoms with Gasteiger partial charge in [-0.15, -0.1) is 0 Å². The quantitative estimate of drug-likeness (QED) is 0.756. The van der Waals surface area contributed by atoms with Crippen LogP contribution >= 0.6 is 0 Å². The summed E-state index contributed by atoms with van der Waals surface area (Å²) in [6, 6.07) is 6.38. The summed E-state index contributed by atoms with van der Waals surface area (Å²) in [6.07, 6.45) is 11.4. The highest BCUT2D eigenvalue weighted by atomic mass is 14.9. The van der Waals surface area contributed by atoms with Gasteiger partial charge in [0.25, 0.3) is 0 Å². The summed E-state index contributed by atoms with van der Waals surface area (Å²) in [5, 5.41) is 0. The smallest absolute Gasteiger partial charge is 0.204 e. The van der Waals surface area contributed by atoms with Gasteiger partial charge in [0, 0.05) is 30.1 Å². The number of pyridine rings is 1. The standard InChI is InChI=1S/C14H16N2/c1-3-12-4-6-14(16(2)11-12)7-5-13-8-9-15-10-13/h4-11H,3H2,1-2H3/p+1. The molecule has 0 aliphatic rings. The average Bonchev–Trinajstić information content (AvgIpc) is 2.80. The number of nitrogens with zero attached hydrogens (tertiary/aromatic N) is 1. The highest BCUT2D eigenvalue weighted by Gasteiger charge is 2.02. The lowest BCUT2D eigenvalue weighted by molar-refractivity contribution is -0.673. The molecule has 0 aliphatic heterocycles. The minimum atomic E-state index is 1.08. The van der Waals surface area contributed by atoms with E-state index in [1.165, 1.54) is 16.8 Å². The molecule has 0 aromatic carbocycles. The van der Waals surface area contributed by atoms with E-state index in [0.717, 1.165) is 6.42 Å². The van der Waals surface area contributed by atoms with E-state index in [2.05, 4.69) is 60.1 Å². The Morgan fingerprint density at radius 3 is 2.75 bits per heavy atom. The minimum Gasteiger partial charge on any atom is -0.367 e. The summed E-state index contributed by atoms with van der Waals surface area (Å²) in [5.74, 6) is 0. The topological polar surface area (TPSA) is 19.7 Å². The average molecular weight is 213 g/mol. The fraction of sp³-hybridized carbons (Fsp3) is 0.214. The van der Waals surface area contributed by atoms with Crippen molar-refractivity contribution in [2.45, 2.75) is 13.3 Å². The fourth-order valence-electron chi connectivity index (χ4n) is 1.68. The van der Waals surface area contributed by atoms with Gasteiger partial charge in [0.15, 0.2) is 6.20 Å². The molecule has 2 heterocycles. The predicted octanol–water partition coefficient (Wildman–Crippen LogP) is 2.57. The SMILES string of the molecule is CCc1ccc(C=Cc2cc[nH]c2)[n+](C)c1. The molecule has 0 amide bonds. The van der Waals surface area contributed by atoms with Gasteiger partial charge in [0.2, 0.25) is 5.69 Å². The molecule has 0 atom stereocenters. The van der Waals surface area contributed by atoms with Gasteiger partial charge >= 0.3 is 0 Å². The monoisotopic (exact) mass is 213 g/mol. The first kappa shape index (κ1) is 10.7. The van der Waals surface area contributed by atoms with Crippen molar-refractivity contribution in [1.29, 1.82) is 0 Å². The zero-order valence-electron chi connectivity index (χ0n) is 9.77. The number of H-pyrrole nitrogens is 1. The molecule has 0 spiro atoms. The molecule has 2 heteroatoms. The van der Waals surface area contributed by atoms with Crippen molar-refractivity contribution in [2.75, 3.05) is 0 Å². The first-order valence-corrected chi connectivity index (χ1v) is 5.59. The molecule has 2 rings (SSSR count). The summed E-state index contributed by atoms with van der Waals surface area (Å²) in [4.78, 5) is 3.04. The van der Waals surface area contributed by atoms with E-state index < -0.39 is 0 Å². The first-order chi connectivity index (χ1) is 7.79. The van der Waals surface area contributed by atoms with Gasteiger partial charge < -0.3 is 4.98 Å². The Hall–Kier alpha value is -1.83. The lowest BCUT2D eigenvalue weighted by atomic mass is 10.2. The summed E-state index contributed by atoms with van der Waals surface area (Å²) in [5.41, 5.74) is 3.76. The van der Waals surface area contributed by atoms with Crippen LogP contribution in [0, 0.1) is 0 Å². The zero-order valence-corrected chi connectivity index (χ0v) is 9.77. The molecule has 82 valence electrons. The van der Waals surface area contributed by atoms with E-state index in [-0.39, 0.29) is 0 Å². The van der Waals surface area contributed by atoms with Crippen molar-refractivity contribution in [3.8, 4) is 0 Å². The Morgan fingerprint density at radius 2 is 2.12 bits per heavy atom. The van der Waals surface area contributed by atoms with Crippen molar-refractivity contribution < 1.29 is 4.57 Å². The van der Waals surface area contributed by atoms with Gasteiger partial charge in [-0.1, -0.05) is 6.92 Å². The zero-order chi connectivity index (χ0) is 11.4. The van der Waals surface area contributed by atoms with Gasteiger partial charge in [0.05, 0.1) is 0 Å². The van der Waals surface area contributed by atoms with Crippen LogP contribution in [0.5, 0.6) is 0 Å². The molecule has 0 saturated heterocycles. The molecule has 2 nitrogen and oxygen atoms in total. The molecule has 2 aromatic rings. The van der Waals surface area contributed by atoms with E-state index >= 15 is 0 Å². The molecule has 0 unspecified atom stereocenters. The van der Waals surface area contributed by atoms with E-state index in [1.807, 2.05) is 12.4 Å². The van der Waals surface area contributed by atoms with E-state index in [9.17, 15) is 0 Å². The second kappa shape index (κ2) is 4.79. The van der Waals surface area contributed by atoms with Gasteiger partial charge in [-0.3, -0.25) is 0 Å². The highest BCUT2D eigenvalue weighted by molar-refractivity contribution is 5.66. The molecular weight excluding hydrogens is 196 g/mol. The van der Waals surface area contributed by atoms with Crippen LogP contribution in [0.3, 0.4) is 0 Å². The van der Waals surface area contributed by atoms with Gasteiger partial charge in [0.1, 0.15) is 7.05 Å². The van der Waals surface area contributed by atoms with Crippen LogP contribution in [-0.2, 0) is 13.5 Å². The summed E-state index contributed by atoms with van der Waals surface area (Å²) < 4.78 is 2.15. The number of nitrogens with one attached hydrogen (secondary N) is 1. The number of hydrogen-bond acceptors (Lipinski definition) is 0. The minimum absolute atomic E-state index is 1.08. The maximum atomic E-state index is 3.04. The van der Waals surface area contributed by atoms with E-state index in [4.69, 9.17) is 0 Å². The summed E-state index contributed by atoms with van der Waals surface area (Å²) in [7, 11) is 2.08. The Balaban J connectivity index is 2.22. The van der Waals surface area contributed by atoms with Crippen LogP contribution in [0.25, 0.3) is 12.2 Å². The van der Waals surface area contributed by atoms with Gasteiger partial charge in [-0.25, -0.2) is 4.57 Å². The van der Waals surface area contributed by atoms with Crippen LogP contribution < -0.4 is 4.57 Å². The van der Waals surface area contributed by atoms with Crippen molar-refractivity contribution in [2.24, 2.45) is 7.05 Å². The lowest BCUT2D eigenvalue weighted by Gasteiger charge is -1.97. The number of aromatic nitrogens is 2. The molecule has 0 aliphatic carbocycles.